The molecule has 2 N–H and O–H groups in total. The van der Waals surface area contributed by atoms with Crippen molar-refractivity contribution in [3.63, 3.8) is 0 Å². The van der Waals surface area contributed by atoms with Crippen molar-refractivity contribution in [3.05, 3.63) is 89.5 Å². The number of hydrogen-bond donors (Lipinski definition) is 2. The van der Waals surface area contributed by atoms with Crippen LogP contribution in [0.1, 0.15) is 23.6 Å². The summed E-state index contributed by atoms with van der Waals surface area (Å²) in [5.41, 5.74) is 3.20. The molecule has 3 aromatic rings. The zero-order valence-electron chi connectivity index (χ0n) is 18.5. The van der Waals surface area contributed by atoms with Crippen LogP contribution in [0.15, 0.2) is 77.7 Å². The molecule has 0 aliphatic carbocycles. The molecule has 0 aromatic heterocycles. The van der Waals surface area contributed by atoms with Crippen LogP contribution in [0.4, 0.5) is 5.69 Å². The molecule has 3 aromatic carbocycles. The van der Waals surface area contributed by atoms with Gasteiger partial charge >= 0.3 is 0 Å². The van der Waals surface area contributed by atoms with Gasteiger partial charge in [-0.1, -0.05) is 55.5 Å². The Morgan fingerprint density at radius 2 is 1.69 bits per heavy atom. The maximum Gasteiger partial charge on any atom is 0.242 e. The molecule has 6 nitrogen and oxygen atoms in total. The SMILES string of the molecule is CCc1ccccc1NC(=O)[C@H](Cc1ccccc1)NS(=O)(=O)c1ccc(OC)c(C)c1. The lowest BCUT2D eigenvalue weighted by atomic mass is 10.1. The molecule has 0 fully saturated rings. The third kappa shape index (κ3) is 5.75. The average molecular weight is 453 g/mol. The van der Waals surface area contributed by atoms with E-state index in [1.807, 2.05) is 61.5 Å². The zero-order valence-corrected chi connectivity index (χ0v) is 19.3. The van der Waals surface area contributed by atoms with Gasteiger partial charge in [0.05, 0.1) is 12.0 Å². The summed E-state index contributed by atoms with van der Waals surface area (Å²) >= 11 is 0. The van der Waals surface area contributed by atoms with Gasteiger partial charge in [0.15, 0.2) is 0 Å². The normalized spacial score (nSPS) is 12.2. The molecule has 0 heterocycles. The van der Waals surface area contributed by atoms with Crippen LogP contribution in [-0.2, 0) is 27.7 Å². The zero-order chi connectivity index (χ0) is 23.1. The molecule has 7 heteroatoms. The van der Waals surface area contributed by atoms with Gasteiger partial charge in [-0.25, -0.2) is 8.42 Å². The first kappa shape index (κ1) is 23.5. The summed E-state index contributed by atoms with van der Waals surface area (Å²) in [6.45, 7) is 3.77. The number of aryl methyl sites for hydroxylation is 2. The van der Waals surface area contributed by atoms with Crippen molar-refractivity contribution >= 4 is 21.6 Å². The number of amides is 1. The van der Waals surface area contributed by atoms with Crippen LogP contribution >= 0.6 is 0 Å². The van der Waals surface area contributed by atoms with Crippen molar-refractivity contribution in [2.24, 2.45) is 0 Å². The average Bonchev–Trinajstić information content (AvgIpc) is 2.79. The van der Waals surface area contributed by atoms with Gasteiger partial charge in [0, 0.05) is 5.69 Å². The van der Waals surface area contributed by atoms with Crippen molar-refractivity contribution < 1.29 is 17.9 Å². The number of carbonyl (C=O) groups excluding carboxylic acids is 1. The van der Waals surface area contributed by atoms with Crippen molar-refractivity contribution in [1.82, 2.24) is 4.72 Å². The summed E-state index contributed by atoms with van der Waals surface area (Å²) in [5, 5.41) is 2.90. The smallest absolute Gasteiger partial charge is 0.242 e. The number of nitrogens with one attached hydrogen (secondary N) is 2. The van der Waals surface area contributed by atoms with E-state index in [1.54, 1.807) is 13.0 Å². The van der Waals surface area contributed by atoms with Gasteiger partial charge in [-0.3, -0.25) is 4.79 Å². The van der Waals surface area contributed by atoms with Gasteiger partial charge in [0.2, 0.25) is 15.9 Å². The van der Waals surface area contributed by atoms with Crippen molar-refractivity contribution in [2.75, 3.05) is 12.4 Å². The van der Waals surface area contributed by atoms with Crippen LogP contribution < -0.4 is 14.8 Å². The fourth-order valence-corrected chi connectivity index (χ4v) is 4.76. The number of sulfonamides is 1. The molecule has 168 valence electrons. The van der Waals surface area contributed by atoms with E-state index in [9.17, 15) is 13.2 Å². The van der Waals surface area contributed by atoms with Crippen LogP contribution in [0.2, 0.25) is 0 Å². The van der Waals surface area contributed by atoms with E-state index in [0.717, 1.165) is 17.5 Å². The third-order valence-corrected chi connectivity index (χ3v) is 6.70. The maximum atomic E-state index is 13.2. The van der Waals surface area contributed by atoms with Gasteiger partial charge in [-0.05, 0) is 60.7 Å². The highest BCUT2D eigenvalue weighted by Crippen LogP contribution is 2.22. The molecule has 0 bridgehead atoms. The third-order valence-electron chi connectivity index (χ3n) is 5.23. The molecule has 0 saturated heterocycles. The van der Waals surface area contributed by atoms with Crippen LogP contribution in [0.3, 0.4) is 0 Å². The largest absolute Gasteiger partial charge is 0.496 e. The molecule has 0 aliphatic rings. The molecular formula is C25H28N2O4S. The Labute approximate surface area is 189 Å². The van der Waals surface area contributed by atoms with E-state index in [4.69, 9.17) is 4.74 Å². The summed E-state index contributed by atoms with van der Waals surface area (Å²) in [6.07, 6.45) is 0.964. The van der Waals surface area contributed by atoms with Crippen molar-refractivity contribution in [2.45, 2.75) is 37.6 Å². The Hall–Kier alpha value is -3.16. The lowest BCUT2D eigenvalue weighted by Gasteiger charge is -2.20. The summed E-state index contributed by atoms with van der Waals surface area (Å²) in [4.78, 5) is 13.3. The number of anilines is 1. The fraction of sp³-hybridized carbons (Fsp3) is 0.240. The minimum atomic E-state index is -3.95. The van der Waals surface area contributed by atoms with Crippen LogP contribution in [0.5, 0.6) is 5.75 Å². The van der Waals surface area contributed by atoms with Gasteiger partial charge < -0.3 is 10.1 Å². The van der Waals surface area contributed by atoms with Gasteiger partial charge in [0.1, 0.15) is 11.8 Å². The maximum absolute atomic E-state index is 13.2. The number of ether oxygens (including phenoxy) is 1. The topological polar surface area (TPSA) is 84.5 Å². The van der Waals surface area contributed by atoms with Gasteiger partial charge in [-0.2, -0.15) is 4.72 Å². The van der Waals surface area contributed by atoms with Gasteiger partial charge in [-0.15, -0.1) is 0 Å². The first-order valence-corrected chi connectivity index (χ1v) is 11.9. The molecule has 1 atom stereocenters. The second kappa shape index (κ2) is 10.4. The molecule has 0 unspecified atom stereocenters. The molecular weight excluding hydrogens is 424 g/mol. The molecule has 0 aliphatic heterocycles. The van der Waals surface area contributed by atoms with E-state index in [0.29, 0.717) is 17.0 Å². The summed E-state index contributed by atoms with van der Waals surface area (Å²) in [7, 11) is -2.42. The Bertz CT molecular complexity index is 1180. The Kier molecular flexibility index (Phi) is 7.66. The highest BCUT2D eigenvalue weighted by atomic mass is 32.2. The number of para-hydroxylation sites is 1. The molecule has 3 rings (SSSR count). The molecule has 1 amide bonds. The van der Waals surface area contributed by atoms with Gasteiger partial charge in [0.25, 0.3) is 0 Å². The minimum Gasteiger partial charge on any atom is -0.496 e. The summed E-state index contributed by atoms with van der Waals surface area (Å²) in [6, 6.07) is 20.4. The predicted molar refractivity (Wildman–Crippen MR) is 126 cm³/mol. The quantitative estimate of drug-likeness (QED) is 0.512. The number of methoxy groups -OCH3 is 1. The fourth-order valence-electron chi connectivity index (χ4n) is 3.48. The lowest BCUT2D eigenvalue weighted by molar-refractivity contribution is -0.117. The van der Waals surface area contributed by atoms with E-state index in [1.165, 1.54) is 19.2 Å². The number of hydrogen-bond acceptors (Lipinski definition) is 4. The number of carbonyl (C=O) groups is 1. The second-order valence-electron chi connectivity index (χ2n) is 7.49. The second-order valence-corrected chi connectivity index (χ2v) is 9.21. The Balaban J connectivity index is 1.90. The lowest BCUT2D eigenvalue weighted by Crippen LogP contribution is -2.45. The molecule has 32 heavy (non-hydrogen) atoms. The Morgan fingerprint density at radius 1 is 1.00 bits per heavy atom. The van der Waals surface area contributed by atoms with Crippen LogP contribution in [0.25, 0.3) is 0 Å². The first-order chi connectivity index (χ1) is 15.3. The Morgan fingerprint density at radius 3 is 2.34 bits per heavy atom. The van der Waals surface area contributed by atoms with E-state index < -0.39 is 22.0 Å². The number of benzene rings is 3. The molecule has 0 radical (unpaired) electrons. The van der Waals surface area contributed by atoms with E-state index in [2.05, 4.69) is 10.0 Å². The van der Waals surface area contributed by atoms with E-state index >= 15 is 0 Å². The monoisotopic (exact) mass is 452 g/mol. The highest BCUT2D eigenvalue weighted by Gasteiger charge is 2.27. The highest BCUT2D eigenvalue weighted by molar-refractivity contribution is 7.89. The van der Waals surface area contributed by atoms with Crippen LogP contribution in [-0.4, -0.2) is 27.5 Å². The molecule has 0 spiro atoms. The van der Waals surface area contributed by atoms with E-state index in [-0.39, 0.29) is 11.3 Å². The van der Waals surface area contributed by atoms with Crippen molar-refractivity contribution in [3.8, 4) is 5.75 Å². The first-order valence-electron chi connectivity index (χ1n) is 10.4. The standard InChI is InChI=1S/C25H28N2O4S/c1-4-20-12-8-9-13-22(20)26-25(28)23(17-19-10-6-5-7-11-19)27-32(29,30)21-14-15-24(31-3)18(2)16-21/h5-16,23,27H,4,17H2,1-3H3,(H,26,28)/t23-/m0/s1. The predicted octanol–water partition coefficient (Wildman–Crippen LogP) is 4.09. The summed E-state index contributed by atoms with van der Waals surface area (Å²) < 4.78 is 34.1. The van der Waals surface area contributed by atoms with Crippen LogP contribution in [0, 0.1) is 6.92 Å². The summed E-state index contributed by atoms with van der Waals surface area (Å²) in [5.74, 6) is 0.183. The van der Waals surface area contributed by atoms with Crippen molar-refractivity contribution in [1.29, 1.82) is 0 Å². The molecule has 0 saturated carbocycles. The number of rotatable bonds is 9. The minimum absolute atomic E-state index is 0.0793.